The predicted molar refractivity (Wildman–Crippen MR) is 75.9 cm³/mol. The number of aromatic nitrogens is 3. The first-order valence-electron chi connectivity index (χ1n) is 6.96. The van der Waals surface area contributed by atoms with Crippen molar-refractivity contribution >= 4 is 11.5 Å². The highest BCUT2D eigenvalue weighted by Gasteiger charge is 2.25. The van der Waals surface area contributed by atoms with Crippen LogP contribution >= 0.6 is 0 Å². The van der Waals surface area contributed by atoms with Crippen molar-refractivity contribution in [2.24, 2.45) is 5.92 Å². The molecule has 0 aromatic carbocycles. The van der Waals surface area contributed by atoms with E-state index in [0.29, 0.717) is 17.8 Å². The van der Waals surface area contributed by atoms with Crippen molar-refractivity contribution in [3.8, 4) is 0 Å². The number of fused-ring (bicyclic) bond motifs is 1. The maximum atomic E-state index is 5.89. The number of hydrogen-bond donors (Lipinski definition) is 1. The van der Waals surface area contributed by atoms with Crippen molar-refractivity contribution in [3.05, 3.63) is 24.0 Å². The molecule has 0 spiro atoms. The summed E-state index contributed by atoms with van der Waals surface area (Å²) in [5, 5.41) is 4.56. The first kappa shape index (κ1) is 12.4. The lowest BCUT2D eigenvalue weighted by molar-refractivity contribution is 0.264. The van der Waals surface area contributed by atoms with Crippen LogP contribution in [0.1, 0.15) is 26.0 Å². The molecule has 19 heavy (non-hydrogen) atoms. The molecule has 2 aromatic rings. The lowest BCUT2D eigenvalue weighted by Gasteiger charge is -2.19. The maximum Gasteiger partial charge on any atom is 0.157 e. The molecule has 1 aliphatic heterocycles. The van der Waals surface area contributed by atoms with Gasteiger partial charge in [-0.25, -0.2) is 4.98 Å². The molecule has 1 unspecified atom stereocenters. The van der Waals surface area contributed by atoms with Crippen LogP contribution in [0.25, 0.3) is 5.65 Å². The highest BCUT2D eigenvalue weighted by atomic mass is 15.3. The van der Waals surface area contributed by atoms with E-state index in [2.05, 4.69) is 28.8 Å². The molecule has 0 bridgehead atoms. The molecule has 0 amide bonds. The summed E-state index contributed by atoms with van der Waals surface area (Å²) in [5.74, 6) is 1.35. The minimum Gasteiger partial charge on any atom is -0.384 e. The summed E-state index contributed by atoms with van der Waals surface area (Å²) in [7, 11) is 0. The van der Waals surface area contributed by atoms with Crippen molar-refractivity contribution in [2.45, 2.75) is 32.7 Å². The van der Waals surface area contributed by atoms with E-state index in [0.717, 1.165) is 17.8 Å². The van der Waals surface area contributed by atoms with Crippen molar-refractivity contribution in [2.75, 3.05) is 18.8 Å². The lowest BCUT2D eigenvalue weighted by Crippen LogP contribution is -2.28. The van der Waals surface area contributed by atoms with E-state index in [-0.39, 0.29) is 0 Å². The number of hydrogen-bond acceptors (Lipinski definition) is 4. The Morgan fingerprint density at radius 3 is 3.00 bits per heavy atom. The van der Waals surface area contributed by atoms with Crippen LogP contribution in [0.2, 0.25) is 0 Å². The molecule has 1 aliphatic rings. The second kappa shape index (κ2) is 4.81. The minimum atomic E-state index is 0.642. The van der Waals surface area contributed by atoms with Crippen LogP contribution < -0.4 is 5.73 Å². The van der Waals surface area contributed by atoms with Gasteiger partial charge in [-0.05, 0) is 45.2 Å². The van der Waals surface area contributed by atoms with E-state index < -0.39 is 0 Å². The number of rotatable bonds is 3. The van der Waals surface area contributed by atoms with E-state index in [1.54, 1.807) is 16.8 Å². The average molecular weight is 259 g/mol. The zero-order valence-corrected chi connectivity index (χ0v) is 11.6. The van der Waals surface area contributed by atoms with E-state index in [1.165, 1.54) is 19.5 Å². The normalized spacial score (nSPS) is 20.7. The summed E-state index contributed by atoms with van der Waals surface area (Å²) in [6, 6.07) is 4.47. The summed E-state index contributed by atoms with van der Waals surface area (Å²) in [6.07, 6.45) is 4.01. The summed E-state index contributed by atoms with van der Waals surface area (Å²) >= 11 is 0. The van der Waals surface area contributed by atoms with Gasteiger partial charge in [-0.3, -0.25) is 0 Å². The van der Waals surface area contributed by atoms with Crippen LogP contribution in [-0.2, 0) is 6.42 Å². The first-order valence-corrected chi connectivity index (χ1v) is 6.96. The standard InChI is InChI=1S/C14H21N5/c1-10(2)18-6-4-11(9-18)7-12-8-14-16-5-3-13(15)19(14)17-12/h3,5,8,10-11H,4,6-7,9,15H2,1-2H3. The average Bonchev–Trinajstić information content (AvgIpc) is 2.96. The zero-order chi connectivity index (χ0) is 13.4. The Morgan fingerprint density at radius 2 is 2.32 bits per heavy atom. The second-order valence-corrected chi connectivity index (χ2v) is 5.72. The molecule has 2 N–H and O–H groups in total. The molecule has 1 fully saturated rings. The zero-order valence-electron chi connectivity index (χ0n) is 11.6. The Kier molecular flexibility index (Phi) is 3.14. The highest BCUT2D eigenvalue weighted by molar-refractivity contribution is 5.46. The molecule has 5 nitrogen and oxygen atoms in total. The van der Waals surface area contributed by atoms with Gasteiger partial charge in [0, 0.05) is 24.8 Å². The van der Waals surface area contributed by atoms with Gasteiger partial charge < -0.3 is 10.6 Å². The fourth-order valence-electron chi connectivity index (χ4n) is 2.86. The molecular formula is C14H21N5. The summed E-state index contributed by atoms with van der Waals surface area (Å²) in [4.78, 5) is 6.83. The Balaban J connectivity index is 1.74. The Hall–Kier alpha value is -1.62. The molecule has 3 heterocycles. The summed E-state index contributed by atoms with van der Waals surface area (Å²) in [6.45, 7) is 6.90. The number of anilines is 1. The van der Waals surface area contributed by atoms with Gasteiger partial charge in [-0.15, -0.1) is 0 Å². The Labute approximate surface area is 113 Å². The van der Waals surface area contributed by atoms with Crippen LogP contribution in [0.5, 0.6) is 0 Å². The molecule has 102 valence electrons. The van der Waals surface area contributed by atoms with Gasteiger partial charge in [0.2, 0.25) is 0 Å². The molecule has 5 heteroatoms. The number of nitrogen functional groups attached to an aromatic ring is 1. The number of nitrogens with two attached hydrogens (primary N) is 1. The van der Waals surface area contributed by atoms with E-state index >= 15 is 0 Å². The van der Waals surface area contributed by atoms with Crippen molar-refractivity contribution < 1.29 is 0 Å². The summed E-state index contributed by atoms with van der Waals surface area (Å²) < 4.78 is 1.73. The van der Waals surface area contributed by atoms with Crippen molar-refractivity contribution in [1.29, 1.82) is 0 Å². The Bertz CT molecular complexity index is 574. The van der Waals surface area contributed by atoms with Crippen LogP contribution in [0.15, 0.2) is 18.3 Å². The minimum absolute atomic E-state index is 0.642. The molecule has 0 aliphatic carbocycles. The SMILES string of the molecule is CC(C)N1CCC(Cc2cc3nccc(N)n3n2)C1. The monoisotopic (exact) mass is 259 g/mol. The molecule has 2 aromatic heterocycles. The number of nitrogens with zero attached hydrogens (tertiary/aromatic N) is 4. The van der Waals surface area contributed by atoms with Gasteiger partial charge in [-0.2, -0.15) is 9.61 Å². The largest absolute Gasteiger partial charge is 0.384 e. The van der Waals surface area contributed by atoms with E-state index in [4.69, 9.17) is 5.73 Å². The van der Waals surface area contributed by atoms with Crippen LogP contribution in [0.4, 0.5) is 5.82 Å². The van der Waals surface area contributed by atoms with E-state index in [1.807, 2.05) is 6.07 Å². The van der Waals surface area contributed by atoms with Gasteiger partial charge >= 0.3 is 0 Å². The van der Waals surface area contributed by atoms with Crippen LogP contribution in [0, 0.1) is 5.92 Å². The van der Waals surface area contributed by atoms with Crippen LogP contribution in [0.3, 0.4) is 0 Å². The second-order valence-electron chi connectivity index (χ2n) is 5.72. The fraction of sp³-hybridized carbons (Fsp3) is 0.571. The maximum absolute atomic E-state index is 5.89. The Morgan fingerprint density at radius 1 is 1.47 bits per heavy atom. The smallest absolute Gasteiger partial charge is 0.157 e. The fourth-order valence-corrected chi connectivity index (χ4v) is 2.86. The van der Waals surface area contributed by atoms with Gasteiger partial charge in [0.05, 0.1) is 5.69 Å². The topological polar surface area (TPSA) is 59.5 Å². The third-order valence-electron chi connectivity index (χ3n) is 3.98. The van der Waals surface area contributed by atoms with Gasteiger partial charge in [0.15, 0.2) is 5.65 Å². The predicted octanol–water partition coefficient (Wildman–Crippen LogP) is 1.58. The lowest BCUT2D eigenvalue weighted by atomic mass is 10.0. The van der Waals surface area contributed by atoms with Crippen molar-refractivity contribution in [3.63, 3.8) is 0 Å². The third kappa shape index (κ3) is 2.42. The molecule has 0 radical (unpaired) electrons. The van der Waals surface area contributed by atoms with Gasteiger partial charge in [-0.1, -0.05) is 0 Å². The quantitative estimate of drug-likeness (QED) is 0.909. The molecule has 3 rings (SSSR count). The van der Waals surface area contributed by atoms with Gasteiger partial charge in [0.1, 0.15) is 5.82 Å². The summed E-state index contributed by atoms with van der Waals surface area (Å²) in [5.41, 5.74) is 7.83. The van der Waals surface area contributed by atoms with Crippen molar-refractivity contribution in [1.82, 2.24) is 19.5 Å². The molecule has 0 saturated carbocycles. The first-order chi connectivity index (χ1) is 9.13. The number of likely N-dealkylation sites (tertiary alicyclic amines) is 1. The van der Waals surface area contributed by atoms with E-state index in [9.17, 15) is 0 Å². The molecule has 1 saturated heterocycles. The molecular weight excluding hydrogens is 238 g/mol. The highest BCUT2D eigenvalue weighted by Crippen LogP contribution is 2.22. The van der Waals surface area contributed by atoms with Gasteiger partial charge in [0.25, 0.3) is 0 Å². The molecule has 1 atom stereocenters. The third-order valence-corrected chi connectivity index (χ3v) is 3.98. The van der Waals surface area contributed by atoms with Crippen LogP contribution in [-0.4, -0.2) is 38.6 Å².